The van der Waals surface area contributed by atoms with Crippen LogP contribution in [0, 0.1) is 12.8 Å². The van der Waals surface area contributed by atoms with Crippen molar-refractivity contribution in [1.29, 1.82) is 0 Å². The first-order chi connectivity index (χ1) is 10.6. The standard InChI is InChI=1S/C18H26N2OS.ClH/c1-13-5-7-14(8-6-13)17-12-22-10-9-20(17)18(21)11-15-3-2-4-16(15)19;/h5-8,15-17H,2-4,9-12,19H2,1H3;1H/t15-,16+,17?;/m0./s1. The van der Waals surface area contributed by atoms with Crippen LogP contribution in [0.3, 0.4) is 0 Å². The van der Waals surface area contributed by atoms with Crippen molar-refractivity contribution in [3.8, 4) is 0 Å². The molecular formula is C18H27ClN2OS. The highest BCUT2D eigenvalue weighted by Crippen LogP contribution is 2.33. The Morgan fingerprint density at radius 2 is 2.04 bits per heavy atom. The second-order valence-electron chi connectivity index (χ2n) is 6.65. The van der Waals surface area contributed by atoms with Crippen molar-refractivity contribution < 1.29 is 4.79 Å². The minimum absolute atomic E-state index is 0. The lowest BCUT2D eigenvalue weighted by Gasteiger charge is -2.36. The summed E-state index contributed by atoms with van der Waals surface area (Å²) in [6.45, 7) is 2.97. The van der Waals surface area contributed by atoms with E-state index in [0.717, 1.165) is 30.9 Å². The first kappa shape index (κ1) is 18.6. The van der Waals surface area contributed by atoms with Crippen molar-refractivity contribution in [1.82, 2.24) is 4.90 Å². The molecule has 1 aliphatic heterocycles. The van der Waals surface area contributed by atoms with Crippen molar-refractivity contribution in [3.63, 3.8) is 0 Å². The summed E-state index contributed by atoms with van der Waals surface area (Å²) in [4.78, 5) is 14.9. The number of benzene rings is 1. The Morgan fingerprint density at radius 1 is 1.30 bits per heavy atom. The molecule has 0 radical (unpaired) electrons. The van der Waals surface area contributed by atoms with Crippen molar-refractivity contribution >= 4 is 30.1 Å². The van der Waals surface area contributed by atoms with Crippen LogP contribution in [0.1, 0.15) is 42.9 Å². The van der Waals surface area contributed by atoms with E-state index in [2.05, 4.69) is 36.1 Å². The van der Waals surface area contributed by atoms with Crippen LogP contribution < -0.4 is 5.73 Å². The molecule has 5 heteroatoms. The number of thioether (sulfide) groups is 1. The Balaban J connectivity index is 0.00000192. The van der Waals surface area contributed by atoms with E-state index in [1.165, 1.54) is 17.5 Å². The van der Waals surface area contributed by atoms with Gasteiger partial charge in [-0.2, -0.15) is 11.8 Å². The zero-order valence-corrected chi connectivity index (χ0v) is 15.4. The maximum absolute atomic E-state index is 12.8. The summed E-state index contributed by atoms with van der Waals surface area (Å²) in [7, 11) is 0. The lowest BCUT2D eigenvalue weighted by atomic mass is 9.98. The summed E-state index contributed by atoms with van der Waals surface area (Å²) in [6.07, 6.45) is 4.00. The summed E-state index contributed by atoms with van der Waals surface area (Å²) < 4.78 is 0. The van der Waals surface area contributed by atoms with Gasteiger partial charge < -0.3 is 10.6 Å². The second kappa shape index (κ2) is 8.41. The molecule has 2 fully saturated rings. The van der Waals surface area contributed by atoms with Crippen LogP contribution in [-0.2, 0) is 4.79 Å². The number of carbonyl (C=O) groups excluding carboxylic acids is 1. The van der Waals surface area contributed by atoms with Gasteiger partial charge in [0, 0.05) is 30.5 Å². The van der Waals surface area contributed by atoms with Crippen LogP contribution in [-0.4, -0.2) is 34.9 Å². The predicted molar refractivity (Wildman–Crippen MR) is 100 cm³/mol. The Hall–Kier alpha value is -0.710. The molecule has 0 spiro atoms. The molecule has 0 bridgehead atoms. The first-order valence-electron chi connectivity index (χ1n) is 8.34. The van der Waals surface area contributed by atoms with E-state index in [1.54, 1.807) is 0 Å². The number of aryl methyl sites for hydroxylation is 1. The van der Waals surface area contributed by atoms with Gasteiger partial charge in [-0.25, -0.2) is 0 Å². The molecule has 3 rings (SSSR count). The SMILES string of the molecule is Cc1ccc(C2CSCCN2C(=O)C[C@@H]2CCC[C@H]2N)cc1.Cl. The van der Waals surface area contributed by atoms with Crippen molar-refractivity contribution in [2.24, 2.45) is 11.7 Å². The quantitative estimate of drug-likeness (QED) is 0.902. The number of hydrogen-bond donors (Lipinski definition) is 1. The van der Waals surface area contributed by atoms with E-state index in [-0.39, 0.29) is 24.5 Å². The van der Waals surface area contributed by atoms with Crippen LogP contribution in [0.25, 0.3) is 0 Å². The lowest BCUT2D eigenvalue weighted by Crippen LogP contribution is -2.42. The molecule has 1 amide bonds. The molecule has 23 heavy (non-hydrogen) atoms. The summed E-state index contributed by atoms with van der Waals surface area (Å²) in [6, 6.07) is 9.08. The molecule has 1 heterocycles. The van der Waals surface area contributed by atoms with Crippen molar-refractivity contribution in [3.05, 3.63) is 35.4 Å². The molecule has 1 aromatic rings. The van der Waals surface area contributed by atoms with Gasteiger partial charge in [0.15, 0.2) is 0 Å². The van der Waals surface area contributed by atoms with E-state index in [9.17, 15) is 4.79 Å². The smallest absolute Gasteiger partial charge is 0.223 e. The van der Waals surface area contributed by atoms with Gasteiger partial charge in [0.2, 0.25) is 5.91 Å². The molecule has 2 aliphatic rings. The third-order valence-corrected chi connectivity index (χ3v) is 6.09. The number of amides is 1. The number of hydrogen-bond acceptors (Lipinski definition) is 3. The van der Waals surface area contributed by atoms with Gasteiger partial charge >= 0.3 is 0 Å². The summed E-state index contributed by atoms with van der Waals surface area (Å²) >= 11 is 1.95. The highest BCUT2D eigenvalue weighted by atomic mass is 35.5. The average Bonchev–Trinajstić information content (AvgIpc) is 2.93. The first-order valence-corrected chi connectivity index (χ1v) is 9.50. The van der Waals surface area contributed by atoms with E-state index >= 15 is 0 Å². The monoisotopic (exact) mass is 354 g/mol. The van der Waals surface area contributed by atoms with Crippen LogP contribution in [0.15, 0.2) is 24.3 Å². The van der Waals surface area contributed by atoms with Crippen LogP contribution in [0.5, 0.6) is 0 Å². The highest BCUT2D eigenvalue weighted by molar-refractivity contribution is 7.99. The molecule has 1 saturated carbocycles. The molecule has 3 nitrogen and oxygen atoms in total. The maximum Gasteiger partial charge on any atom is 0.223 e. The Labute approximate surface area is 149 Å². The second-order valence-corrected chi connectivity index (χ2v) is 7.80. The number of nitrogens with zero attached hydrogens (tertiary/aromatic N) is 1. The fourth-order valence-corrected chi connectivity index (χ4v) is 4.72. The molecule has 2 N–H and O–H groups in total. The average molecular weight is 355 g/mol. The minimum atomic E-state index is 0. The molecular weight excluding hydrogens is 328 g/mol. The zero-order valence-electron chi connectivity index (χ0n) is 13.7. The van der Waals surface area contributed by atoms with Gasteiger partial charge in [0.05, 0.1) is 6.04 Å². The molecule has 128 valence electrons. The number of halogens is 1. The number of carbonyl (C=O) groups is 1. The fraction of sp³-hybridized carbons (Fsp3) is 0.611. The normalized spacial score (nSPS) is 27.6. The number of nitrogens with two attached hydrogens (primary N) is 1. The van der Waals surface area contributed by atoms with Gasteiger partial charge in [0.25, 0.3) is 0 Å². The van der Waals surface area contributed by atoms with Crippen LogP contribution in [0.4, 0.5) is 0 Å². The van der Waals surface area contributed by atoms with Crippen LogP contribution >= 0.6 is 24.2 Å². The predicted octanol–water partition coefficient (Wildman–Crippen LogP) is 3.55. The van der Waals surface area contributed by atoms with E-state index in [4.69, 9.17) is 5.73 Å². The van der Waals surface area contributed by atoms with Crippen molar-refractivity contribution in [2.45, 2.75) is 44.7 Å². The summed E-state index contributed by atoms with van der Waals surface area (Å²) in [5.41, 5.74) is 8.68. The van der Waals surface area contributed by atoms with Gasteiger partial charge in [-0.05, 0) is 31.2 Å². The largest absolute Gasteiger partial charge is 0.334 e. The topological polar surface area (TPSA) is 46.3 Å². The fourth-order valence-electron chi connectivity index (χ4n) is 3.63. The zero-order chi connectivity index (χ0) is 15.5. The molecule has 1 unspecified atom stereocenters. The summed E-state index contributed by atoms with van der Waals surface area (Å²) in [5.74, 6) is 2.74. The van der Waals surface area contributed by atoms with Gasteiger partial charge in [-0.1, -0.05) is 36.2 Å². The maximum atomic E-state index is 12.8. The Kier molecular flexibility index (Phi) is 6.81. The van der Waals surface area contributed by atoms with Gasteiger partial charge in [-0.3, -0.25) is 4.79 Å². The van der Waals surface area contributed by atoms with E-state index in [0.29, 0.717) is 18.2 Å². The third kappa shape index (κ3) is 4.43. The van der Waals surface area contributed by atoms with Gasteiger partial charge in [-0.15, -0.1) is 12.4 Å². The van der Waals surface area contributed by atoms with E-state index < -0.39 is 0 Å². The van der Waals surface area contributed by atoms with Gasteiger partial charge in [0.1, 0.15) is 0 Å². The molecule has 1 aliphatic carbocycles. The van der Waals surface area contributed by atoms with E-state index in [1.807, 2.05) is 11.8 Å². The highest BCUT2D eigenvalue weighted by Gasteiger charge is 2.32. The minimum Gasteiger partial charge on any atom is -0.334 e. The molecule has 3 atom stereocenters. The molecule has 0 aromatic heterocycles. The lowest BCUT2D eigenvalue weighted by molar-refractivity contribution is -0.134. The Morgan fingerprint density at radius 3 is 2.70 bits per heavy atom. The summed E-state index contributed by atoms with van der Waals surface area (Å²) in [5, 5.41) is 0. The third-order valence-electron chi connectivity index (χ3n) is 5.07. The molecule has 1 saturated heterocycles. The Bertz CT molecular complexity index is 522. The van der Waals surface area contributed by atoms with Crippen LogP contribution in [0.2, 0.25) is 0 Å². The number of rotatable bonds is 3. The van der Waals surface area contributed by atoms with Crippen molar-refractivity contribution in [2.75, 3.05) is 18.1 Å². The molecule has 1 aromatic carbocycles.